The Hall–Kier alpha value is -2.84. The van der Waals surface area contributed by atoms with Gasteiger partial charge in [0.05, 0.1) is 47.2 Å². The molecule has 0 saturated carbocycles. The predicted octanol–water partition coefficient (Wildman–Crippen LogP) is 6.40. The molecular formula is C53H91FN6O10. The van der Waals surface area contributed by atoms with Gasteiger partial charge in [-0.05, 0) is 104 Å². The van der Waals surface area contributed by atoms with Crippen molar-refractivity contribution < 1.29 is 52.9 Å². The Labute approximate surface area is 418 Å². The van der Waals surface area contributed by atoms with Crippen molar-refractivity contribution in [1.29, 1.82) is 0 Å². The van der Waals surface area contributed by atoms with Crippen molar-refractivity contribution in [2.75, 3.05) is 67.1 Å². The Morgan fingerprint density at radius 2 is 1.63 bits per heavy atom. The lowest BCUT2D eigenvalue weighted by molar-refractivity contribution is -0.271. The molecule has 17 heteroatoms. The number of hydrogen-bond acceptors (Lipinski definition) is 15. The van der Waals surface area contributed by atoms with Crippen LogP contribution >= 0.6 is 0 Å². The lowest BCUT2D eigenvalue weighted by atomic mass is 9.69. The summed E-state index contributed by atoms with van der Waals surface area (Å²) in [6.45, 7) is 19.5. The summed E-state index contributed by atoms with van der Waals surface area (Å²) in [6, 6.07) is 6.72. The van der Waals surface area contributed by atoms with Crippen LogP contribution in [0.15, 0.2) is 30.5 Å². The number of nitrogens with zero attached hydrogens (tertiary/aromatic N) is 6. The van der Waals surface area contributed by atoms with Crippen LogP contribution < -0.4 is 4.90 Å². The highest BCUT2D eigenvalue weighted by Crippen LogP contribution is 2.45. The van der Waals surface area contributed by atoms with Gasteiger partial charge in [-0.1, -0.05) is 45.0 Å². The molecule has 3 N–H and O–H groups in total. The van der Waals surface area contributed by atoms with E-state index in [1.165, 1.54) is 6.92 Å². The van der Waals surface area contributed by atoms with Crippen molar-refractivity contribution >= 4 is 11.7 Å². The molecule has 2 aromatic rings. The molecule has 1 aromatic heterocycles. The maximum Gasteiger partial charge on any atom is 0.309 e. The van der Waals surface area contributed by atoms with Crippen LogP contribution in [0, 0.1) is 23.7 Å². The number of likely N-dealkylation sites (N-methyl/N-ethyl adjacent to an activating group) is 2. The summed E-state index contributed by atoms with van der Waals surface area (Å²) < 4.78 is 55.1. The van der Waals surface area contributed by atoms with Crippen LogP contribution in [0.1, 0.15) is 131 Å². The van der Waals surface area contributed by atoms with E-state index in [1.807, 2.05) is 104 Å². The van der Waals surface area contributed by atoms with E-state index in [-0.39, 0.29) is 30.6 Å². The number of rotatable bonds is 15. The summed E-state index contributed by atoms with van der Waals surface area (Å²) in [5, 5.41) is 45.4. The molecule has 0 spiro atoms. The van der Waals surface area contributed by atoms with Crippen molar-refractivity contribution in [1.82, 2.24) is 24.8 Å². The van der Waals surface area contributed by atoms with Crippen molar-refractivity contribution in [3.05, 3.63) is 41.7 Å². The molecule has 400 valence electrons. The van der Waals surface area contributed by atoms with Crippen LogP contribution in [-0.2, 0) is 39.6 Å². The van der Waals surface area contributed by atoms with Gasteiger partial charge in [0.15, 0.2) is 6.29 Å². The van der Waals surface area contributed by atoms with Gasteiger partial charge in [-0.25, -0.2) is 9.07 Å². The second-order valence-electron chi connectivity index (χ2n) is 22.5. The third-order valence-corrected chi connectivity index (χ3v) is 16.2. The molecule has 0 aliphatic carbocycles. The summed E-state index contributed by atoms with van der Waals surface area (Å²) in [7, 11) is 11.2. The molecule has 0 radical (unpaired) electrons. The van der Waals surface area contributed by atoms with Gasteiger partial charge in [-0.3, -0.25) is 4.79 Å². The third-order valence-electron chi connectivity index (χ3n) is 16.2. The minimum Gasteiger partial charge on any atom is -0.459 e. The first-order valence-electron chi connectivity index (χ1n) is 25.8. The van der Waals surface area contributed by atoms with Crippen LogP contribution in [0.5, 0.6) is 0 Å². The predicted molar refractivity (Wildman–Crippen MR) is 268 cm³/mol. The molecule has 3 saturated heterocycles. The van der Waals surface area contributed by atoms with Gasteiger partial charge in [0, 0.05) is 97.0 Å². The maximum absolute atomic E-state index is 14.8. The Balaban J connectivity index is 1.42. The van der Waals surface area contributed by atoms with Gasteiger partial charge in [0.1, 0.15) is 36.6 Å². The second kappa shape index (κ2) is 24.5. The Bertz CT molecular complexity index is 1920. The van der Waals surface area contributed by atoms with E-state index >= 15 is 0 Å². The minimum atomic E-state index is -1.76. The highest BCUT2D eigenvalue weighted by atomic mass is 19.1. The summed E-state index contributed by atoms with van der Waals surface area (Å²) >= 11 is 0. The molecule has 4 heterocycles. The van der Waals surface area contributed by atoms with Crippen LogP contribution in [0.25, 0.3) is 0 Å². The molecule has 0 bridgehead atoms. The number of carbonyl (C=O) groups excluding carboxylic acids is 1. The topological polar surface area (TPSA) is 174 Å². The molecule has 1 unspecified atom stereocenters. The largest absolute Gasteiger partial charge is 0.459 e. The van der Waals surface area contributed by atoms with E-state index in [0.717, 1.165) is 23.4 Å². The zero-order valence-electron chi connectivity index (χ0n) is 45.4. The normalized spacial score (nSPS) is 38.6. The maximum atomic E-state index is 14.8. The van der Waals surface area contributed by atoms with Crippen LogP contribution in [-0.4, -0.2) is 180 Å². The number of aliphatic hydroxyl groups excluding tert-OH is 1. The zero-order chi connectivity index (χ0) is 52.0. The minimum absolute atomic E-state index is 0.0433. The second-order valence-corrected chi connectivity index (χ2v) is 22.5. The number of carbonyl (C=O) groups is 1. The number of esters is 1. The van der Waals surface area contributed by atoms with E-state index in [9.17, 15) is 24.5 Å². The van der Waals surface area contributed by atoms with Crippen molar-refractivity contribution in [2.24, 2.45) is 23.7 Å². The molecule has 5 rings (SSSR count). The summed E-state index contributed by atoms with van der Waals surface area (Å²) in [5.74, 6) is -2.42. The van der Waals surface area contributed by atoms with Crippen LogP contribution in [0.3, 0.4) is 0 Å². The molecule has 3 fully saturated rings. The first-order chi connectivity index (χ1) is 32.8. The average Bonchev–Trinajstić information content (AvgIpc) is 3.77. The third kappa shape index (κ3) is 13.9. The number of aromatic nitrogens is 3. The molecule has 3 aliphatic rings. The molecule has 16 nitrogen and oxygen atoms in total. The van der Waals surface area contributed by atoms with E-state index < -0.39 is 96.1 Å². The van der Waals surface area contributed by atoms with Crippen LogP contribution in [0.2, 0.25) is 0 Å². The van der Waals surface area contributed by atoms with Gasteiger partial charge in [0.2, 0.25) is 0 Å². The van der Waals surface area contributed by atoms with Crippen molar-refractivity contribution in [3.63, 3.8) is 0 Å². The first-order valence-corrected chi connectivity index (χ1v) is 25.8. The fraction of sp³-hybridized carbons (Fsp3) is 0.830. The SMILES string of the molecule is CC[C@H]1OC(=O)[C@H](C)[C@@H](C2C[C@@](C)(OC)C[C@H](C)O2)[C@H](C)[C@@H](O[C@H]2C[C@@H](N(C)CCc3cn([C@H](CF)[C@H](OC)c4ccc(N(C)C)cc4)nn3)C[C@@H](C)O2)[C@](C)(O)C[C@@H](C)CN(C)[C@H](C)[C@@H](O)[C@]1(C)O. The van der Waals surface area contributed by atoms with Gasteiger partial charge < -0.3 is 58.4 Å². The molecular weight excluding hydrogens is 900 g/mol. The van der Waals surface area contributed by atoms with E-state index in [0.29, 0.717) is 45.2 Å². The fourth-order valence-corrected chi connectivity index (χ4v) is 12.1. The quantitative estimate of drug-likeness (QED) is 0.167. The van der Waals surface area contributed by atoms with Crippen molar-refractivity contribution in [3.8, 4) is 0 Å². The van der Waals surface area contributed by atoms with Crippen molar-refractivity contribution in [2.45, 2.75) is 198 Å². The van der Waals surface area contributed by atoms with Gasteiger partial charge >= 0.3 is 5.97 Å². The van der Waals surface area contributed by atoms with Crippen LogP contribution in [0.4, 0.5) is 10.1 Å². The number of halogens is 1. The molecule has 0 amide bonds. The number of methoxy groups -OCH3 is 2. The van der Waals surface area contributed by atoms with Gasteiger partial charge in [-0.2, -0.15) is 0 Å². The number of cyclic esters (lactones) is 1. The summed E-state index contributed by atoms with van der Waals surface area (Å²) in [5.41, 5.74) is -1.11. The number of hydrogen-bond donors (Lipinski definition) is 3. The fourth-order valence-electron chi connectivity index (χ4n) is 12.1. The number of aliphatic hydroxyl groups is 3. The van der Waals surface area contributed by atoms with Gasteiger partial charge in [-0.15, -0.1) is 5.10 Å². The van der Waals surface area contributed by atoms with Gasteiger partial charge in [0.25, 0.3) is 0 Å². The Kier molecular flexibility index (Phi) is 20.3. The number of benzene rings is 1. The highest BCUT2D eigenvalue weighted by molar-refractivity contribution is 5.73. The molecule has 3 aliphatic heterocycles. The summed E-state index contributed by atoms with van der Waals surface area (Å²) in [6.07, 6.45) is 0.211. The first kappa shape index (κ1) is 58.1. The zero-order valence-corrected chi connectivity index (χ0v) is 45.4. The standard InChI is InChI=1S/C53H91FN6O10/c1-17-44-53(10,64)48(61)37(7)59(14)30-32(2)26-52(9,63)49(35(5)46(36(6)50(62)69-44)43-28-51(8,66-16)27-34(4)67-43)70-45-25-41(24-33(3)68-45)58(13)23-22-39-31-60(56-55-39)42(29-54)47(65-15)38-18-20-40(21-19-38)57(11)12/h18-21,31-37,41-49,61,63-64H,17,22-30H2,1-16H3/t32-,33-,34+,35+,36-,37-,41+,42-,43?,44-,45+,46+,47-,48-,49-,51+,52-,53-/m1/s1. The highest BCUT2D eigenvalue weighted by Gasteiger charge is 2.53. The summed E-state index contributed by atoms with van der Waals surface area (Å²) in [4.78, 5) is 20.9. The number of anilines is 1. The average molecular weight is 991 g/mol. The number of alkyl halides is 1. The number of ether oxygens (including phenoxy) is 6. The lowest BCUT2D eigenvalue weighted by Crippen LogP contribution is -2.59. The monoisotopic (exact) mass is 991 g/mol. The van der Waals surface area contributed by atoms with E-state index in [2.05, 4.69) is 36.1 Å². The molecule has 1 aromatic carbocycles. The lowest BCUT2D eigenvalue weighted by Gasteiger charge is -2.50. The molecule has 70 heavy (non-hydrogen) atoms. The molecule has 18 atom stereocenters. The van der Waals surface area contributed by atoms with E-state index in [4.69, 9.17) is 28.4 Å². The smallest absolute Gasteiger partial charge is 0.309 e. The Morgan fingerprint density at radius 3 is 2.23 bits per heavy atom. The van der Waals surface area contributed by atoms with E-state index in [1.54, 1.807) is 25.1 Å². The Morgan fingerprint density at radius 1 is 0.957 bits per heavy atom.